The summed E-state index contributed by atoms with van der Waals surface area (Å²) in [7, 11) is 4.76. The van der Waals surface area contributed by atoms with Gasteiger partial charge in [-0.1, -0.05) is 61.2 Å². The molecule has 404 valence electrons. The van der Waals surface area contributed by atoms with E-state index >= 15 is 0 Å². The van der Waals surface area contributed by atoms with Crippen LogP contribution in [0, 0.1) is 0 Å². The van der Waals surface area contributed by atoms with Crippen LogP contribution in [0.25, 0.3) is 0 Å². The van der Waals surface area contributed by atoms with Gasteiger partial charge in [0.25, 0.3) is 0 Å². The van der Waals surface area contributed by atoms with Gasteiger partial charge in [0, 0.05) is 36.4 Å². The molecule has 6 heterocycles. The molecule has 0 saturated carbocycles. The third-order valence-corrected chi connectivity index (χ3v) is 9.72. The number of pyridine rings is 3. The molecule has 0 radical (unpaired) electrons. The smallest absolute Gasteiger partial charge is 0.244 e. The molecule has 6 aromatic heterocycles. The van der Waals surface area contributed by atoms with E-state index in [1.54, 1.807) is 131 Å². The van der Waals surface area contributed by atoms with Crippen LogP contribution in [0.1, 0.15) is 5.69 Å². The molecule has 22 nitrogen and oxygen atoms in total. The zero-order valence-corrected chi connectivity index (χ0v) is 44.1. The van der Waals surface area contributed by atoms with Gasteiger partial charge in [0.05, 0.1) is 33.4 Å². The molecule has 0 aliphatic heterocycles. The summed E-state index contributed by atoms with van der Waals surface area (Å²) in [5, 5.41) is 17.8. The lowest BCUT2D eigenvalue weighted by Crippen LogP contribution is -2.03. The Bertz CT molecular complexity index is 3370. The SMILES string of the molecule is C=CC(=O)Cc1cccc(Nc2cc(Oc3cccc(OC)c3)ncn2)n1.C=CC(=O)Cl.COc1cccc(O)c1.COc1cccc(Oc2cc(Nc3cccc(N)n3)ncn2)c1.Nc1cccc(Nc2cc(Cl)ncn2)n1. The molecule has 0 spiro atoms. The lowest BCUT2D eigenvalue weighted by Gasteiger charge is -2.09. The Morgan fingerprint density at radius 3 is 1.34 bits per heavy atom. The Balaban J connectivity index is 0.000000199. The zero-order valence-electron chi connectivity index (χ0n) is 42.6. The minimum absolute atomic E-state index is 0.0874. The fourth-order valence-electron chi connectivity index (χ4n) is 5.84. The molecule has 8 N–H and O–H groups in total. The highest BCUT2D eigenvalue weighted by Gasteiger charge is 2.08. The molecule has 9 rings (SSSR count). The number of halogens is 2. The van der Waals surface area contributed by atoms with Crippen molar-refractivity contribution in [1.82, 2.24) is 44.9 Å². The van der Waals surface area contributed by atoms with E-state index in [1.165, 1.54) is 25.1 Å². The minimum Gasteiger partial charge on any atom is -0.508 e. The summed E-state index contributed by atoms with van der Waals surface area (Å²) >= 11 is 10.4. The third kappa shape index (κ3) is 22.5. The van der Waals surface area contributed by atoms with E-state index in [0.29, 0.717) is 97.9 Å². The topological polar surface area (TPSA) is 305 Å². The second kappa shape index (κ2) is 32.1. The van der Waals surface area contributed by atoms with Gasteiger partial charge in [0.2, 0.25) is 17.0 Å². The molecular weight excluding hydrogens is 1060 g/mol. The van der Waals surface area contributed by atoms with Gasteiger partial charge >= 0.3 is 0 Å². The maximum Gasteiger partial charge on any atom is 0.244 e. The second-order valence-electron chi connectivity index (χ2n) is 15.1. The van der Waals surface area contributed by atoms with Gasteiger partial charge in [-0.3, -0.25) is 9.59 Å². The van der Waals surface area contributed by atoms with Crippen molar-refractivity contribution < 1.29 is 38.4 Å². The molecule has 0 aliphatic carbocycles. The number of aromatic nitrogens is 9. The average Bonchev–Trinajstić information content (AvgIpc) is 3.44. The van der Waals surface area contributed by atoms with Crippen molar-refractivity contribution in [3.63, 3.8) is 0 Å². The number of phenolic OH excluding ortho intramolecular Hbond substituents is 1. The molecule has 24 heteroatoms. The Kier molecular flexibility index (Phi) is 24.1. The normalized spacial score (nSPS) is 9.73. The van der Waals surface area contributed by atoms with Crippen LogP contribution in [0.15, 0.2) is 190 Å². The lowest BCUT2D eigenvalue weighted by molar-refractivity contribution is -0.114. The van der Waals surface area contributed by atoms with Crippen LogP contribution in [0.4, 0.5) is 46.5 Å². The Hall–Kier alpha value is -10.5. The molecular formula is C55H52Cl2N14O8. The predicted molar refractivity (Wildman–Crippen MR) is 303 cm³/mol. The first-order chi connectivity index (χ1) is 38.2. The number of nitrogens with two attached hydrogens (primary N) is 2. The van der Waals surface area contributed by atoms with Crippen LogP contribution < -0.4 is 51.1 Å². The number of carbonyl (C=O) groups is 2. The van der Waals surface area contributed by atoms with Crippen molar-refractivity contribution in [2.75, 3.05) is 48.7 Å². The molecule has 0 bridgehead atoms. The summed E-state index contributed by atoms with van der Waals surface area (Å²) in [6.45, 7) is 6.55. The van der Waals surface area contributed by atoms with E-state index in [-0.39, 0.29) is 18.0 Å². The van der Waals surface area contributed by atoms with Crippen molar-refractivity contribution in [3.05, 3.63) is 201 Å². The van der Waals surface area contributed by atoms with Crippen molar-refractivity contribution >= 4 is 80.8 Å². The molecule has 9 aromatic rings. The number of benzene rings is 3. The number of allylic oxidation sites excluding steroid dienone is 2. The summed E-state index contributed by atoms with van der Waals surface area (Å²) in [5.41, 5.74) is 11.8. The van der Waals surface area contributed by atoms with Gasteiger partial charge in [-0.15, -0.1) is 0 Å². The number of carbonyl (C=O) groups excluding carboxylic acids is 2. The average molecular weight is 1110 g/mol. The summed E-state index contributed by atoms with van der Waals surface area (Å²) in [5.74, 6) is 8.50. The number of aromatic hydroxyl groups is 1. The fourth-order valence-corrected chi connectivity index (χ4v) is 5.99. The van der Waals surface area contributed by atoms with Gasteiger partial charge in [-0.05, 0) is 96.5 Å². The fraction of sp³-hybridized carbons (Fsp3) is 0.0727. The van der Waals surface area contributed by atoms with E-state index in [1.807, 2.05) is 36.4 Å². The number of rotatable bonds is 17. The van der Waals surface area contributed by atoms with E-state index in [9.17, 15) is 9.59 Å². The number of methoxy groups -OCH3 is 3. The van der Waals surface area contributed by atoms with Gasteiger partial charge in [0.15, 0.2) is 5.78 Å². The van der Waals surface area contributed by atoms with Gasteiger partial charge in [0.1, 0.15) is 105 Å². The number of hydrogen-bond acceptors (Lipinski definition) is 22. The van der Waals surface area contributed by atoms with Crippen molar-refractivity contribution in [2.45, 2.75) is 6.42 Å². The van der Waals surface area contributed by atoms with Crippen molar-refractivity contribution in [2.24, 2.45) is 0 Å². The number of phenols is 1. The molecule has 0 unspecified atom stereocenters. The lowest BCUT2D eigenvalue weighted by atomic mass is 10.2. The second-order valence-corrected chi connectivity index (χ2v) is 15.9. The van der Waals surface area contributed by atoms with Crippen LogP contribution in [-0.4, -0.2) is 82.3 Å². The van der Waals surface area contributed by atoms with E-state index in [2.05, 4.69) is 74.0 Å². The van der Waals surface area contributed by atoms with Crippen LogP contribution >= 0.6 is 23.2 Å². The molecule has 0 amide bonds. The molecule has 0 aliphatic rings. The number of nitrogens with one attached hydrogen (secondary N) is 3. The zero-order chi connectivity index (χ0) is 56.8. The van der Waals surface area contributed by atoms with E-state index in [0.717, 1.165) is 6.08 Å². The van der Waals surface area contributed by atoms with Crippen LogP contribution in [0.3, 0.4) is 0 Å². The van der Waals surface area contributed by atoms with Crippen molar-refractivity contribution in [1.29, 1.82) is 0 Å². The number of ketones is 1. The molecule has 3 aromatic carbocycles. The number of anilines is 8. The quantitative estimate of drug-likeness (QED) is 0.0280. The van der Waals surface area contributed by atoms with Gasteiger partial charge < -0.3 is 56.2 Å². The first-order valence-electron chi connectivity index (χ1n) is 23.0. The predicted octanol–water partition coefficient (Wildman–Crippen LogP) is 10.9. The van der Waals surface area contributed by atoms with Crippen LogP contribution in [0.2, 0.25) is 5.15 Å². The van der Waals surface area contributed by atoms with Gasteiger partial charge in [-0.25, -0.2) is 44.9 Å². The number of nitrogen functional groups attached to an aromatic ring is 2. The summed E-state index contributed by atoms with van der Waals surface area (Å²) < 4.78 is 26.6. The molecule has 0 saturated heterocycles. The largest absolute Gasteiger partial charge is 0.508 e. The van der Waals surface area contributed by atoms with Crippen molar-refractivity contribution in [3.8, 4) is 46.3 Å². The summed E-state index contributed by atoms with van der Waals surface area (Å²) in [4.78, 5) is 57.8. The highest BCUT2D eigenvalue weighted by Crippen LogP contribution is 2.27. The number of nitrogens with zero attached hydrogens (tertiary/aromatic N) is 9. The minimum atomic E-state index is -0.509. The Labute approximate surface area is 464 Å². The number of hydrogen-bond donors (Lipinski definition) is 6. The molecule has 0 fully saturated rings. The highest BCUT2D eigenvalue weighted by molar-refractivity contribution is 6.66. The monoisotopic (exact) mass is 1110 g/mol. The van der Waals surface area contributed by atoms with Crippen LogP contribution in [-0.2, 0) is 16.0 Å². The highest BCUT2D eigenvalue weighted by atomic mass is 35.5. The standard InChI is InChI=1S/C20H18N4O3.C16H15N5O2.C9H8ClN5.C7H8O2.C3H3ClO/c1-3-15(25)10-14-6-4-9-18(23-14)24-19-12-20(22-13-21-19)27-17-8-5-7-16(11-17)26-2;1-22-11-4-2-5-12(8-11)23-16-9-15(18-10-19-16)21-14-7-3-6-13(17)20-14;10-6-4-9(13-5-12-6)15-8-3-1-2-7(11)14-8;1-9-7-4-2-3-6(8)5-7;1-2-3(4)5/h3-9,11-13H,1,10H2,2H3,(H,21,22,23,24);2-10H,1H3,(H3,17,18,19,20,21);1-5H,(H3,11,12,13,14,15);2-5,8H,1H3;2H,1H2. The third-order valence-electron chi connectivity index (χ3n) is 9.36. The summed E-state index contributed by atoms with van der Waals surface area (Å²) in [6, 6.07) is 42.1. The van der Waals surface area contributed by atoms with Crippen LogP contribution in [0.5, 0.6) is 46.3 Å². The Morgan fingerprint density at radius 2 is 0.924 bits per heavy atom. The molecule has 0 atom stereocenters. The maximum absolute atomic E-state index is 11.5. The summed E-state index contributed by atoms with van der Waals surface area (Å²) in [6.07, 6.45) is 6.70. The maximum atomic E-state index is 11.5. The molecule has 79 heavy (non-hydrogen) atoms. The number of ether oxygens (including phenoxy) is 5. The van der Waals surface area contributed by atoms with Gasteiger partial charge in [-0.2, -0.15) is 0 Å². The first-order valence-corrected chi connectivity index (χ1v) is 23.8. The van der Waals surface area contributed by atoms with E-state index < -0.39 is 5.24 Å². The first kappa shape index (κ1) is 59.4. The van der Waals surface area contributed by atoms with E-state index in [4.69, 9.17) is 63.5 Å². The Morgan fingerprint density at radius 1 is 0.519 bits per heavy atom.